The monoisotopic (exact) mass is 814 g/mol. The quantitative estimate of drug-likeness (QED) is 0.192. The summed E-state index contributed by atoms with van der Waals surface area (Å²) >= 11 is 2.50. The first-order chi connectivity index (χ1) is 23.9. The number of anilines is 1. The van der Waals surface area contributed by atoms with E-state index in [4.69, 9.17) is 19.5 Å². The standard InChI is InChI=1S/C16H21FN2O3.C9H18N2O2.C7H4F2O.CH2O3.3K/c1-16(2,3)22-15(21)19-8-6-18(7-9-19)14-5-4-12(11-20)10-13(14)17;1-9(2,3)13-8(12)11-6-4-10-5-7-11;8-6-2-1-5(4-10)3-7(6)9;2-1-4-3;;;/h4-5,10-11H,6-9H2,1-3H3;10H,4-7H2,1-3H3;1-4H;1,3H;;;/q;;;;;;+1/p-1. The molecular formula is C33H44F3K3N4O9. The minimum atomic E-state index is -0.996. The fraction of sp³-hybridized carbons (Fsp3) is 0.485. The number of carbonyl (C=O) groups is 5. The molecule has 0 radical (unpaired) electrons. The van der Waals surface area contributed by atoms with Gasteiger partial charge in [-0.2, -0.15) is 0 Å². The molecule has 274 valence electrons. The SMILES string of the molecule is CC(C)(C)OC(=O)N1CCN(c2ccc(C=O)cc2F)CC1.CC(C)(C)OC(=O)N1CCNCC1.O=CO[O-].O=Cc1ccc(F)c(F)c1.[K+].[K][K]. The normalized spacial score (nSPS) is 13.6. The Hall–Kier alpha value is 0.209. The number of ether oxygens (including phenoxy) is 2. The Kier molecular flexibility index (Phi) is 30.8. The van der Waals surface area contributed by atoms with Crippen LogP contribution >= 0.6 is 0 Å². The molecule has 2 aromatic carbocycles. The van der Waals surface area contributed by atoms with Crippen LogP contribution in [0.3, 0.4) is 0 Å². The van der Waals surface area contributed by atoms with Gasteiger partial charge >= 0.3 is 127 Å². The average Bonchev–Trinajstić information content (AvgIpc) is 3.10. The molecule has 0 bridgehead atoms. The summed E-state index contributed by atoms with van der Waals surface area (Å²) in [6.45, 7) is 16.2. The van der Waals surface area contributed by atoms with Gasteiger partial charge < -0.3 is 39.6 Å². The topological polar surface area (TPSA) is 158 Å². The molecule has 0 unspecified atom stereocenters. The van der Waals surface area contributed by atoms with Crippen molar-refractivity contribution < 1.29 is 108 Å². The molecule has 13 nitrogen and oxygen atoms in total. The molecular weight excluding hydrogens is 771 g/mol. The predicted molar refractivity (Wildman–Crippen MR) is 183 cm³/mol. The van der Waals surface area contributed by atoms with Gasteiger partial charge in [0.25, 0.3) is 6.47 Å². The number of nitrogens with zero attached hydrogens (tertiary/aromatic N) is 3. The Labute approximate surface area is 391 Å². The second-order valence-electron chi connectivity index (χ2n) is 12.5. The molecule has 0 spiro atoms. The molecule has 0 saturated carbocycles. The van der Waals surface area contributed by atoms with Crippen molar-refractivity contribution in [3.05, 3.63) is 65.0 Å². The molecule has 2 fully saturated rings. The summed E-state index contributed by atoms with van der Waals surface area (Å²) in [5.41, 5.74) is -0.00517. The van der Waals surface area contributed by atoms with Crippen LogP contribution in [-0.2, 0) is 19.2 Å². The Balaban J connectivity index is 0. The van der Waals surface area contributed by atoms with Gasteiger partial charge in [-0.25, -0.2) is 22.8 Å². The van der Waals surface area contributed by atoms with Gasteiger partial charge in [-0.3, -0.25) is 14.4 Å². The van der Waals surface area contributed by atoms with Gasteiger partial charge in [0, 0.05) is 63.5 Å². The number of amides is 2. The van der Waals surface area contributed by atoms with Crippen molar-refractivity contribution in [1.29, 1.82) is 0 Å². The third kappa shape index (κ3) is 24.0. The molecule has 0 atom stereocenters. The molecule has 2 aliphatic heterocycles. The first-order valence-corrected chi connectivity index (χ1v) is 32.2. The van der Waals surface area contributed by atoms with Crippen LogP contribution in [0.2, 0.25) is 0 Å². The summed E-state index contributed by atoms with van der Waals surface area (Å²) in [7, 11) is 0. The molecule has 2 heterocycles. The molecule has 19 heteroatoms. The van der Waals surface area contributed by atoms with Gasteiger partial charge in [0.05, 0.1) is 5.69 Å². The van der Waals surface area contributed by atoms with Crippen molar-refractivity contribution in [3.63, 3.8) is 0 Å². The zero-order valence-corrected chi connectivity index (χ0v) is 40.9. The summed E-state index contributed by atoms with van der Waals surface area (Å²) < 4.78 is 48.9. The molecule has 52 heavy (non-hydrogen) atoms. The maximum absolute atomic E-state index is 14.0. The Morgan fingerprint density at radius 3 is 1.48 bits per heavy atom. The number of carbonyl (C=O) groups excluding carboxylic acids is 5. The molecule has 2 aromatic rings. The summed E-state index contributed by atoms with van der Waals surface area (Å²) in [6, 6.07) is 7.39. The van der Waals surface area contributed by atoms with E-state index in [1.807, 2.05) is 46.4 Å². The van der Waals surface area contributed by atoms with Gasteiger partial charge in [-0.1, -0.05) is 0 Å². The van der Waals surface area contributed by atoms with Crippen LogP contribution in [0.5, 0.6) is 0 Å². The van der Waals surface area contributed by atoms with Crippen LogP contribution in [0.4, 0.5) is 28.4 Å². The van der Waals surface area contributed by atoms with Crippen LogP contribution in [-0.4, -0.2) is 168 Å². The molecule has 2 saturated heterocycles. The van der Waals surface area contributed by atoms with E-state index in [1.165, 1.54) is 75.3 Å². The Morgan fingerprint density at radius 1 is 0.712 bits per heavy atom. The van der Waals surface area contributed by atoms with E-state index in [0.717, 1.165) is 38.3 Å². The van der Waals surface area contributed by atoms with Crippen LogP contribution in [0.15, 0.2) is 36.4 Å². The minimum absolute atomic E-state index is 0. The number of aldehydes is 2. The molecule has 1 N–H and O–H groups in total. The molecule has 0 aromatic heterocycles. The van der Waals surface area contributed by atoms with Crippen molar-refractivity contribution in [1.82, 2.24) is 15.1 Å². The van der Waals surface area contributed by atoms with Crippen molar-refractivity contribution >= 4 is 100 Å². The van der Waals surface area contributed by atoms with Crippen molar-refractivity contribution in [3.8, 4) is 0 Å². The molecule has 2 aliphatic rings. The van der Waals surface area contributed by atoms with E-state index < -0.39 is 23.1 Å². The number of halogens is 3. The maximum atomic E-state index is 14.0. The third-order valence-electron chi connectivity index (χ3n) is 6.27. The fourth-order valence-electron chi connectivity index (χ4n) is 4.07. The van der Waals surface area contributed by atoms with Crippen LogP contribution in [0.1, 0.15) is 62.3 Å². The molecule has 2 amide bonds. The van der Waals surface area contributed by atoms with Gasteiger partial charge in [0.1, 0.15) is 29.6 Å². The predicted octanol–water partition coefficient (Wildman–Crippen LogP) is -0.0236. The second-order valence-corrected chi connectivity index (χ2v) is 12.5. The number of hydrogen-bond donors (Lipinski definition) is 1. The summed E-state index contributed by atoms with van der Waals surface area (Å²) in [6.07, 6.45) is 0.536. The van der Waals surface area contributed by atoms with Gasteiger partial charge in [0.2, 0.25) is 0 Å². The number of rotatable bonds is 4. The van der Waals surface area contributed by atoms with Crippen molar-refractivity contribution in [2.45, 2.75) is 52.7 Å². The first kappa shape index (κ1) is 54.3. The average molecular weight is 815 g/mol. The number of piperazine rings is 2. The van der Waals surface area contributed by atoms with Gasteiger partial charge in [-0.15, -0.1) is 0 Å². The summed E-state index contributed by atoms with van der Waals surface area (Å²) in [4.78, 5) is 60.6. The van der Waals surface area contributed by atoms with Crippen molar-refractivity contribution in [2.75, 3.05) is 57.3 Å². The van der Waals surface area contributed by atoms with E-state index >= 15 is 0 Å². The van der Waals surface area contributed by atoms with E-state index in [0.29, 0.717) is 50.0 Å². The summed E-state index contributed by atoms with van der Waals surface area (Å²) in [5, 5.41) is 11.6. The molecule has 0 aliphatic carbocycles. The Bertz CT molecular complexity index is 1390. The van der Waals surface area contributed by atoms with E-state index in [9.17, 15) is 32.3 Å². The van der Waals surface area contributed by atoms with E-state index in [2.05, 4.69) is 10.2 Å². The third-order valence-corrected chi connectivity index (χ3v) is 6.27. The zero-order chi connectivity index (χ0) is 39.2. The fourth-order valence-corrected chi connectivity index (χ4v) is 4.07. The number of hydrogen-bond acceptors (Lipinski definition) is 11. The van der Waals surface area contributed by atoms with Crippen molar-refractivity contribution in [2.24, 2.45) is 0 Å². The number of benzene rings is 2. The van der Waals surface area contributed by atoms with E-state index in [1.54, 1.807) is 21.9 Å². The Morgan fingerprint density at radius 2 is 1.12 bits per heavy atom. The van der Waals surface area contributed by atoms with Gasteiger partial charge in [0.15, 0.2) is 11.6 Å². The van der Waals surface area contributed by atoms with Crippen LogP contribution in [0, 0.1) is 17.5 Å². The molecule has 4 rings (SSSR count). The second kappa shape index (κ2) is 29.4. The van der Waals surface area contributed by atoms with E-state index in [-0.39, 0.29) is 81.2 Å². The van der Waals surface area contributed by atoms with Crippen LogP contribution < -0.4 is 66.9 Å². The summed E-state index contributed by atoms with van der Waals surface area (Å²) in [5.74, 6) is -2.36. The van der Waals surface area contributed by atoms with Gasteiger partial charge in [-0.05, 0) is 77.9 Å². The zero-order valence-electron chi connectivity index (χ0n) is 31.5. The van der Waals surface area contributed by atoms with Crippen LogP contribution in [0.25, 0.3) is 0 Å². The number of nitrogens with one attached hydrogen (secondary N) is 1. The first-order valence-electron chi connectivity index (χ1n) is 16.2.